The van der Waals surface area contributed by atoms with E-state index in [4.69, 9.17) is 4.74 Å². The van der Waals surface area contributed by atoms with Crippen LogP contribution in [0, 0.1) is 0 Å². The van der Waals surface area contributed by atoms with Gasteiger partial charge in [-0.1, -0.05) is 42.5 Å². The van der Waals surface area contributed by atoms with E-state index >= 15 is 0 Å². The molecule has 1 aliphatic rings. The molecular weight excluding hydrogens is 376 g/mol. The molecule has 0 aliphatic carbocycles. The van der Waals surface area contributed by atoms with Crippen molar-refractivity contribution in [1.29, 1.82) is 0 Å². The maximum atomic E-state index is 12.8. The lowest BCUT2D eigenvalue weighted by atomic mass is 9.90. The van der Waals surface area contributed by atoms with Gasteiger partial charge in [-0.25, -0.2) is 0 Å². The predicted octanol–water partition coefficient (Wildman–Crippen LogP) is 3.62. The number of likely N-dealkylation sites (tertiary alicyclic amines) is 1. The van der Waals surface area contributed by atoms with Gasteiger partial charge in [0.05, 0.1) is 16.8 Å². The van der Waals surface area contributed by atoms with E-state index < -0.39 is 0 Å². The van der Waals surface area contributed by atoms with Crippen LogP contribution in [0.4, 0.5) is 5.69 Å². The van der Waals surface area contributed by atoms with Crippen LogP contribution in [0.2, 0.25) is 0 Å². The number of amides is 1. The van der Waals surface area contributed by atoms with E-state index in [9.17, 15) is 4.79 Å². The van der Waals surface area contributed by atoms with Gasteiger partial charge in [0, 0.05) is 45.7 Å². The molecule has 3 aromatic rings. The Morgan fingerprint density at radius 2 is 1.90 bits per heavy atom. The molecule has 3 N–H and O–H groups in total. The summed E-state index contributed by atoms with van der Waals surface area (Å²) >= 11 is 0. The van der Waals surface area contributed by atoms with Crippen molar-refractivity contribution in [2.75, 3.05) is 39.1 Å². The highest BCUT2D eigenvalue weighted by molar-refractivity contribution is 6.01. The molecule has 6 nitrogen and oxygen atoms in total. The van der Waals surface area contributed by atoms with Gasteiger partial charge in [0.1, 0.15) is 5.69 Å². The number of fused-ring (bicyclic) bond motifs is 1. The summed E-state index contributed by atoms with van der Waals surface area (Å²) in [6, 6.07) is 18.4. The minimum absolute atomic E-state index is 0.101. The van der Waals surface area contributed by atoms with Crippen molar-refractivity contribution >= 4 is 22.5 Å². The molecule has 2 aromatic carbocycles. The van der Waals surface area contributed by atoms with E-state index in [0.29, 0.717) is 12.2 Å². The summed E-state index contributed by atoms with van der Waals surface area (Å²) in [5.74, 6) is -0.101. The number of para-hydroxylation sites is 1. The highest BCUT2D eigenvalue weighted by Gasteiger charge is 2.35. The SMILES string of the molecule is CNc1cccc2cc(C(=O)NCC3(OC)CCN(Cc4ccccc4)CC3)[nH]c12. The van der Waals surface area contributed by atoms with Gasteiger partial charge >= 0.3 is 0 Å². The van der Waals surface area contributed by atoms with E-state index in [1.807, 2.05) is 37.4 Å². The molecule has 4 rings (SSSR count). The maximum Gasteiger partial charge on any atom is 0.267 e. The van der Waals surface area contributed by atoms with Crippen LogP contribution < -0.4 is 10.6 Å². The number of H-pyrrole nitrogens is 1. The number of carbonyl (C=O) groups is 1. The minimum atomic E-state index is -0.314. The summed E-state index contributed by atoms with van der Waals surface area (Å²) in [5.41, 5.74) is 3.51. The smallest absolute Gasteiger partial charge is 0.267 e. The first kappa shape index (κ1) is 20.4. The molecule has 158 valence electrons. The number of aromatic amines is 1. The van der Waals surface area contributed by atoms with Crippen LogP contribution in [-0.4, -0.2) is 55.2 Å². The summed E-state index contributed by atoms with van der Waals surface area (Å²) in [6.45, 7) is 3.37. The van der Waals surface area contributed by atoms with E-state index in [2.05, 4.69) is 44.8 Å². The number of aromatic nitrogens is 1. The van der Waals surface area contributed by atoms with E-state index in [-0.39, 0.29) is 11.5 Å². The molecule has 6 heteroatoms. The molecule has 0 saturated carbocycles. The highest BCUT2D eigenvalue weighted by Crippen LogP contribution is 2.27. The maximum absolute atomic E-state index is 12.8. The largest absolute Gasteiger partial charge is 0.386 e. The van der Waals surface area contributed by atoms with Crippen LogP contribution in [0.3, 0.4) is 0 Å². The van der Waals surface area contributed by atoms with Crippen molar-refractivity contribution in [3.05, 3.63) is 65.9 Å². The number of benzene rings is 2. The molecule has 30 heavy (non-hydrogen) atoms. The van der Waals surface area contributed by atoms with Gasteiger partial charge in [0.2, 0.25) is 0 Å². The molecular formula is C24H30N4O2. The van der Waals surface area contributed by atoms with Crippen molar-refractivity contribution in [2.24, 2.45) is 0 Å². The fourth-order valence-electron chi connectivity index (χ4n) is 4.24. The molecule has 1 saturated heterocycles. The third kappa shape index (κ3) is 4.35. The summed E-state index contributed by atoms with van der Waals surface area (Å²) in [5, 5.41) is 7.26. The predicted molar refractivity (Wildman–Crippen MR) is 121 cm³/mol. The molecule has 2 heterocycles. The van der Waals surface area contributed by atoms with Gasteiger partial charge in [-0.2, -0.15) is 0 Å². The summed E-state index contributed by atoms with van der Waals surface area (Å²) in [6.07, 6.45) is 1.79. The number of nitrogens with zero attached hydrogens (tertiary/aromatic N) is 1. The average Bonchev–Trinajstić information content (AvgIpc) is 3.24. The van der Waals surface area contributed by atoms with Crippen molar-refractivity contribution in [3.63, 3.8) is 0 Å². The van der Waals surface area contributed by atoms with Crippen molar-refractivity contribution in [3.8, 4) is 0 Å². The average molecular weight is 407 g/mol. The highest BCUT2D eigenvalue weighted by atomic mass is 16.5. The topological polar surface area (TPSA) is 69.4 Å². The van der Waals surface area contributed by atoms with Crippen LogP contribution in [0.5, 0.6) is 0 Å². The molecule has 0 spiro atoms. The van der Waals surface area contributed by atoms with Crippen LogP contribution in [0.1, 0.15) is 28.9 Å². The number of rotatable bonds is 7. The number of hydrogen-bond donors (Lipinski definition) is 3. The van der Waals surface area contributed by atoms with E-state index in [1.54, 1.807) is 7.11 Å². The third-order valence-corrected chi connectivity index (χ3v) is 6.19. The molecule has 0 atom stereocenters. The Kier molecular flexibility index (Phi) is 6.06. The van der Waals surface area contributed by atoms with Gasteiger partial charge in [-0.3, -0.25) is 9.69 Å². The molecule has 1 fully saturated rings. The first-order chi connectivity index (χ1) is 14.6. The van der Waals surface area contributed by atoms with Gasteiger partial charge in [0.25, 0.3) is 5.91 Å². The number of carbonyl (C=O) groups excluding carboxylic acids is 1. The second-order valence-electron chi connectivity index (χ2n) is 8.03. The normalized spacial score (nSPS) is 16.5. The Bertz CT molecular complexity index is 991. The van der Waals surface area contributed by atoms with Gasteiger partial charge in [-0.15, -0.1) is 0 Å². The second-order valence-corrected chi connectivity index (χ2v) is 8.03. The standard InChI is InChI=1S/C24H30N4O2/c1-25-20-10-6-9-19-15-21(27-22(19)20)23(29)26-17-24(30-2)11-13-28(14-12-24)16-18-7-4-3-5-8-18/h3-10,15,25,27H,11-14,16-17H2,1-2H3,(H,26,29). The number of nitrogens with one attached hydrogen (secondary N) is 3. The zero-order valence-electron chi connectivity index (χ0n) is 17.7. The van der Waals surface area contributed by atoms with E-state index in [0.717, 1.165) is 49.1 Å². The summed E-state index contributed by atoms with van der Waals surface area (Å²) < 4.78 is 5.90. The molecule has 1 aliphatic heterocycles. The first-order valence-corrected chi connectivity index (χ1v) is 10.5. The summed E-state index contributed by atoms with van der Waals surface area (Å²) in [7, 11) is 3.63. The van der Waals surface area contributed by atoms with Gasteiger partial charge < -0.3 is 20.4 Å². The fourth-order valence-corrected chi connectivity index (χ4v) is 4.24. The van der Waals surface area contributed by atoms with Crippen LogP contribution in [0.15, 0.2) is 54.6 Å². The fraction of sp³-hybridized carbons (Fsp3) is 0.375. The number of methoxy groups -OCH3 is 1. The first-order valence-electron chi connectivity index (χ1n) is 10.5. The Morgan fingerprint density at radius 1 is 1.13 bits per heavy atom. The Morgan fingerprint density at radius 3 is 2.60 bits per heavy atom. The molecule has 0 radical (unpaired) electrons. The van der Waals surface area contributed by atoms with Crippen LogP contribution in [0.25, 0.3) is 10.9 Å². The third-order valence-electron chi connectivity index (χ3n) is 6.19. The number of piperidine rings is 1. The molecule has 0 bridgehead atoms. The zero-order chi connectivity index (χ0) is 21.0. The molecule has 0 unspecified atom stereocenters. The van der Waals surface area contributed by atoms with Crippen molar-refractivity contribution < 1.29 is 9.53 Å². The Hall–Kier alpha value is -2.83. The molecule has 1 amide bonds. The monoisotopic (exact) mass is 406 g/mol. The number of anilines is 1. The van der Waals surface area contributed by atoms with E-state index in [1.165, 1.54) is 5.56 Å². The van der Waals surface area contributed by atoms with Crippen LogP contribution >= 0.6 is 0 Å². The van der Waals surface area contributed by atoms with Gasteiger partial charge in [-0.05, 0) is 30.5 Å². The van der Waals surface area contributed by atoms with Gasteiger partial charge in [0.15, 0.2) is 0 Å². The lowest BCUT2D eigenvalue weighted by Gasteiger charge is -2.41. The molecule has 1 aromatic heterocycles. The number of hydrogen-bond acceptors (Lipinski definition) is 4. The van der Waals surface area contributed by atoms with Crippen molar-refractivity contribution in [2.45, 2.75) is 25.0 Å². The summed E-state index contributed by atoms with van der Waals surface area (Å²) in [4.78, 5) is 18.5. The quantitative estimate of drug-likeness (QED) is 0.561. The number of ether oxygens (including phenoxy) is 1. The Balaban J connectivity index is 1.36. The zero-order valence-corrected chi connectivity index (χ0v) is 17.7. The minimum Gasteiger partial charge on any atom is -0.386 e. The second kappa shape index (κ2) is 8.90. The lowest BCUT2D eigenvalue weighted by molar-refractivity contribution is -0.0554. The Labute approximate surface area is 177 Å². The van der Waals surface area contributed by atoms with Crippen molar-refractivity contribution in [1.82, 2.24) is 15.2 Å². The van der Waals surface area contributed by atoms with Crippen LogP contribution in [-0.2, 0) is 11.3 Å². The lowest BCUT2D eigenvalue weighted by Crippen LogP contribution is -2.51.